The van der Waals surface area contributed by atoms with E-state index in [0.717, 1.165) is 10.8 Å². The fourth-order valence-electron chi connectivity index (χ4n) is 1.65. The Morgan fingerprint density at radius 3 is 2.50 bits per heavy atom. The first-order chi connectivity index (χ1) is 7.65. The molecule has 80 valence electrons. The van der Waals surface area contributed by atoms with Crippen LogP contribution in [0.2, 0.25) is 0 Å². The molecule has 2 nitrogen and oxygen atoms in total. The highest BCUT2D eigenvalue weighted by molar-refractivity contribution is 7.91. The van der Waals surface area contributed by atoms with Crippen LogP contribution < -0.4 is 0 Å². The van der Waals surface area contributed by atoms with Crippen LogP contribution in [-0.4, -0.2) is 14.2 Å². The minimum Gasteiger partial charge on any atom is -0.223 e. The summed E-state index contributed by atoms with van der Waals surface area (Å²) in [5.41, 5.74) is 0. The summed E-state index contributed by atoms with van der Waals surface area (Å²) in [5.74, 6) is 1.92. The fourth-order valence-corrected chi connectivity index (χ4v) is 2.84. The Hall–Kier alpha value is -1.79. The van der Waals surface area contributed by atoms with Crippen LogP contribution in [0.5, 0.6) is 0 Å². The molecule has 0 fully saturated rings. The molecular weight excluding hydrogens is 220 g/mol. The number of sulfone groups is 1. The quantitative estimate of drug-likeness (QED) is 0.741. The minimum absolute atomic E-state index is 0.263. The SMILES string of the molecule is C#CCS(=O)(=O)c1cccc2ccccc12. The second kappa shape index (κ2) is 3.99. The first kappa shape index (κ1) is 10.7. The molecule has 2 aromatic rings. The molecule has 0 N–H and O–H groups in total. The molecule has 0 bridgehead atoms. The van der Waals surface area contributed by atoms with E-state index in [0.29, 0.717) is 4.90 Å². The molecule has 0 atom stereocenters. The van der Waals surface area contributed by atoms with Gasteiger partial charge in [0.2, 0.25) is 0 Å². The van der Waals surface area contributed by atoms with E-state index in [1.807, 2.05) is 24.3 Å². The van der Waals surface area contributed by atoms with Crippen LogP contribution >= 0.6 is 0 Å². The van der Waals surface area contributed by atoms with Crippen molar-refractivity contribution < 1.29 is 8.42 Å². The Kier molecular flexibility index (Phi) is 2.67. The summed E-state index contributed by atoms with van der Waals surface area (Å²) < 4.78 is 23.8. The van der Waals surface area contributed by atoms with Crippen LogP contribution in [0.1, 0.15) is 0 Å². The third-order valence-electron chi connectivity index (χ3n) is 2.36. The molecule has 0 amide bonds. The highest BCUT2D eigenvalue weighted by Crippen LogP contribution is 2.23. The van der Waals surface area contributed by atoms with Crippen LogP contribution in [0, 0.1) is 12.3 Å². The maximum atomic E-state index is 11.9. The maximum absolute atomic E-state index is 11.9. The molecule has 0 aliphatic carbocycles. The topological polar surface area (TPSA) is 34.1 Å². The molecule has 0 spiro atoms. The van der Waals surface area contributed by atoms with Gasteiger partial charge in [-0.05, 0) is 11.5 Å². The molecule has 3 heteroatoms. The van der Waals surface area contributed by atoms with Crippen molar-refractivity contribution in [1.29, 1.82) is 0 Å². The highest BCUT2D eigenvalue weighted by Gasteiger charge is 2.15. The molecule has 0 radical (unpaired) electrons. The molecule has 0 heterocycles. The highest BCUT2D eigenvalue weighted by atomic mass is 32.2. The van der Waals surface area contributed by atoms with E-state index in [4.69, 9.17) is 6.42 Å². The summed E-state index contributed by atoms with van der Waals surface area (Å²) in [7, 11) is -3.37. The van der Waals surface area contributed by atoms with Crippen LogP contribution in [0.4, 0.5) is 0 Å². The van der Waals surface area contributed by atoms with Gasteiger partial charge in [0, 0.05) is 5.39 Å². The molecular formula is C13H10O2S. The van der Waals surface area contributed by atoms with E-state index in [2.05, 4.69) is 5.92 Å². The monoisotopic (exact) mass is 230 g/mol. The van der Waals surface area contributed by atoms with Crippen molar-refractivity contribution in [2.24, 2.45) is 0 Å². The summed E-state index contributed by atoms with van der Waals surface area (Å²) >= 11 is 0. The number of hydrogen-bond donors (Lipinski definition) is 0. The van der Waals surface area contributed by atoms with Crippen molar-refractivity contribution in [3.63, 3.8) is 0 Å². The summed E-state index contributed by atoms with van der Waals surface area (Å²) in [4.78, 5) is 0.309. The number of hydrogen-bond acceptors (Lipinski definition) is 2. The Labute approximate surface area is 94.8 Å². The predicted octanol–water partition coefficient (Wildman–Crippen LogP) is 2.25. The van der Waals surface area contributed by atoms with Gasteiger partial charge in [-0.1, -0.05) is 42.3 Å². The molecule has 16 heavy (non-hydrogen) atoms. The van der Waals surface area contributed by atoms with Crippen molar-refractivity contribution in [3.05, 3.63) is 42.5 Å². The molecule has 0 aliphatic heterocycles. The number of rotatable bonds is 2. The van der Waals surface area contributed by atoms with Gasteiger partial charge in [0.05, 0.1) is 4.90 Å². The van der Waals surface area contributed by atoms with Gasteiger partial charge in [-0.2, -0.15) is 0 Å². The molecule has 0 saturated heterocycles. The third kappa shape index (κ3) is 1.80. The average molecular weight is 230 g/mol. The average Bonchev–Trinajstić information content (AvgIpc) is 2.28. The summed E-state index contributed by atoms with van der Waals surface area (Å²) in [6.45, 7) is 0. The van der Waals surface area contributed by atoms with Gasteiger partial charge < -0.3 is 0 Å². The molecule has 0 aromatic heterocycles. The fraction of sp³-hybridized carbons (Fsp3) is 0.0769. The van der Waals surface area contributed by atoms with Crippen LogP contribution in [0.3, 0.4) is 0 Å². The van der Waals surface area contributed by atoms with Crippen molar-refractivity contribution in [2.75, 3.05) is 5.75 Å². The molecule has 0 unspecified atom stereocenters. The van der Waals surface area contributed by atoms with Crippen LogP contribution in [-0.2, 0) is 9.84 Å². The van der Waals surface area contributed by atoms with E-state index in [1.54, 1.807) is 18.2 Å². The molecule has 2 rings (SSSR count). The largest absolute Gasteiger partial charge is 0.223 e. The minimum atomic E-state index is -3.37. The van der Waals surface area contributed by atoms with Gasteiger partial charge >= 0.3 is 0 Å². The first-order valence-corrected chi connectivity index (χ1v) is 6.44. The van der Waals surface area contributed by atoms with Crippen LogP contribution in [0.15, 0.2) is 47.4 Å². The predicted molar refractivity (Wildman–Crippen MR) is 64.8 cm³/mol. The maximum Gasteiger partial charge on any atom is 0.190 e. The number of benzene rings is 2. The molecule has 0 saturated carbocycles. The Balaban J connectivity index is 2.76. The van der Waals surface area contributed by atoms with E-state index >= 15 is 0 Å². The number of terminal acetylenes is 1. The Morgan fingerprint density at radius 2 is 1.75 bits per heavy atom. The standard InChI is InChI=1S/C13H10O2S/c1-2-10-16(14,15)13-9-5-7-11-6-3-4-8-12(11)13/h1,3-9H,10H2. The normalized spacial score (nSPS) is 11.2. The zero-order chi connectivity index (χ0) is 11.6. The van der Waals surface area contributed by atoms with Crippen molar-refractivity contribution in [2.45, 2.75) is 4.90 Å². The van der Waals surface area contributed by atoms with Gasteiger partial charge in [0.25, 0.3) is 0 Å². The summed E-state index contributed by atoms with van der Waals surface area (Å²) in [5, 5.41) is 1.63. The molecule has 0 aliphatic rings. The Morgan fingerprint density at radius 1 is 1.06 bits per heavy atom. The zero-order valence-electron chi connectivity index (χ0n) is 8.55. The van der Waals surface area contributed by atoms with E-state index in [-0.39, 0.29) is 5.75 Å². The second-order valence-electron chi connectivity index (χ2n) is 3.44. The molecule has 2 aromatic carbocycles. The van der Waals surface area contributed by atoms with Crippen molar-refractivity contribution >= 4 is 20.6 Å². The van der Waals surface area contributed by atoms with Gasteiger partial charge in [0.1, 0.15) is 5.75 Å². The van der Waals surface area contributed by atoms with E-state index in [1.165, 1.54) is 0 Å². The van der Waals surface area contributed by atoms with Gasteiger partial charge in [-0.3, -0.25) is 0 Å². The van der Waals surface area contributed by atoms with Gasteiger partial charge in [0.15, 0.2) is 9.84 Å². The van der Waals surface area contributed by atoms with Gasteiger partial charge in [-0.25, -0.2) is 8.42 Å². The number of fused-ring (bicyclic) bond motifs is 1. The lowest BCUT2D eigenvalue weighted by Crippen LogP contribution is -2.05. The summed E-state index contributed by atoms with van der Waals surface area (Å²) in [6.07, 6.45) is 5.07. The lowest BCUT2D eigenvalue weighted by atomic mass is 10.1. The van der Waals surface area contributed by atoms with Crippen LogP contribution in [0.25, 0.3) is 10.8 Å². The first-order valence-electron chi connectivity index (χ1n) is 4.79. The summed E-state index contributed by atoms with van der Waals surface area (Å²) in [6, 6.07) is 12.6. The third-order valence-corrected chi connectivity index (χ3v) is 3.93. The van der Waals surface area contributed by atoms with Crippen molar-refractivity contribution in [3.8, 4) is 12.3 Å². The van der Waals surface area contributed by atoms with Crippen molar-refractivity contribution in [1.82, 2.24) is 0 Å². The Bertz CT molecular complexity index is 658. The zero-order valence-corrected chi connectivity index (χ0v) is 9.37. The lowest BCUT2D eigenvalue weighted by Gasteiger charge is -2.05. The lowest BCUT2D eigenvalue weighted by molar-refractivity contribution is 0.600. The second-order valence-corrected chi connectivity index (χ2v) is 5.40. The smallest absolute Gasteiger partial charge is 0.190 e. The van der Waals surface area contributed by atoms with E-state index < -0.39 is 9.84 Å². The van der Waals surface area contributed by atoms with Gasteiger partial charge in [-0.15, -0.1) is 6.42 Å². The van der Waals surface area contributed by atoms with E-state index in [9.17, 15) is 8.42 Å².